The molecule has 1 amide bonds. The van der Waals surface area contributed by atoms with Gasteiger partial charge in [-0.3, -0.25) is 4.79 Å². The Morgan fingerprint density at radius 2 is 2.38 bits per heavy atom. The average Bonchev–Trinajstić information content (AvgIpc) is 2.86. The van der Waals surface area contributed by atoms with Crippen molar-refractivity contribution >= 4 is 17.2 Å². The smallest absolute Gasteiger partial charge is 0.261 e. The molecular formula is C11H13N3OS. The number of amides is 1. The van der Waals surface area contributed by atoms with Gasteiger partial charge in [0.05, 0.1) is 23.4 Å². The van der Waals surface area contributed by atoms with Crippen molar-refractivity contribution < 1.29 is 4.79 Å². The van der Waals surface area contributed by atoms with E-state index in [1.165, 1.54) is 16.2 Å². The molecule has 2 aromatic heterocycles. The highest BCUT2D eigenvalue weighted by atomic mass is 32.1. The molecule has 0 aliphatic carbocycles. The van der Waals surface area contributed by atoms with Crippen LogP contribution < -0.4 is 5.32 Å². The second-order valence-corrected chi connectivity index (χ2v) is 4.87. The molecule has 0 saturated heterocycles. The van der Waals surface area contributed by atoms with Crippen molar-refractivity contribution in [3.63, 3.8) is 0 Å². The maximum absolute atomic E-state index is 11.8. The lowest BCUT2D eigenvalue weighted by Crippen LogP contribution is -2.21. The van der Waals surface area contributed by atoms with Gasteiger partial charge in [-0.1, -0.05) is 0 Å². The monoisotopic (exact) mass is 235 g/mol. The van der Waals surface area contributed by atoms with Crippen LogP contribution in [0.3, 0.4) is 0 Å². The van der Waals surface area contributed by atoms with E-state index in [4.69, 9.17) is 0 Å². The normalized spacial score (nSPS) is 10.4. The van der Waals surface area contributed by atoms with Gasteiger partial charge in [0.1, 0.15) is 0 Å². The third-order valence-corrected chi connectivity index (χ3v) is 3.54. The number of aromatic nitrogens is 2. The van der Waals surface area contributed by atoms with Gasteiger partial charge >= 0.3 is 0 Å². The number of hydrogen-bond donors (Lipinski definition) is 2. The summed E-state index contributed by atoms with van der Waals surface area (Å²) in [6.45, 7) is 4.51. The van der Waals surface area contributed by atoms with Crippen molar-refractivity contribution in [2.75, 3.05) is 0 Å². The average molecular weight is 235 g/mol. The highest BCUT2D eigenvalue weighted by Gasteiger charge is 2.09. The van der Waals surface area contributed by atoms with Crippen LogP contribution in [0.25, 0.3) is 0 Å². The van der Waals surface area contributed by atoms with Crippen LogP contribution in [0.4, 0.5) is 0 Å². The first kappa shape index (κ1) is 10.9. The van der Waals surface area contributed by atoms with Crippen LogP contribution in [0.15, 0.2) is 18.6 Å². The van der Waals surface area contributed by atoms with E-state index >= 15 is 0 Å². The molecule has 16 heavy (non-hydrogen) atoms. The van der Waals surface area contributed by atoms with Gasteiger partial charge < -0.3 is 10.3 Å². The SMILES string of the molecule is Cc1cc(C(=O)NCc2cnc[nH]2)sc1C. The van der Waals surface area contributed by atoms with Crippen molar-refractivity contribution in [1.82, 2.24) is 15.3 Å². The fraction of sp³-hybridized carbons (Fsp3) is 0.273. The van der Waals surface area contributed by atoms with Gasteiger partial charge in [0, 0.05) is 11.1 Å². The van der Waals surface area contributed by atoms with Gasteiger partial charge in [-0.25, -0.2) is 4.98 Å². The minimum absolute atomic E-state index is 0.0317. The summed E-state index contributed by atoms with van der Waals surface area (Å²) in [4.78, 5) is 20.5. The van der Waals surface area contributed by atoms with Crippen LogP contribution in [-0.2, 0) is 6.54 Å². The molecule has 5 heteroatoms. The Bertz CT molecular complexity index is 468. The minimum atomic E-state index is -0.0317. The van der Waals surface area contributed by atoms with Crippen LogP contribution >= 0.6 is 11.3 Å². The fourth-order valence-corrected chi connectivity index (χ4v) is 2.28. The summed E-state index contributed by atoms with van der Waals surface area (Å²) in [6, 6.07) is 1.92. The molecule has 0 fully saturated rings. The molecular weight excluding hydrogens is 222 g/mol. The molecule has 0 unspecified atom stereocenters. The molecule has 0 saturated carbocycles. The van der Waals surface area contributed by atoms with Gasteiger partial charge in [-0.05, 0) is 25.5 Å². The number of H-pyrrole nitrogens is 1. The maximum Gasteiger partial charge on any atom is 0.261 e. The Morgan fingerprint density at radius 3 is 2.94 bits per heavy atom. The summed E-state index contributed by atoms with van der Waals surface area (Å²) in [5.74, 6) is -0.0317. The van der Waals surface area contributed by atoms with Crippen molar-refractivity contribution in [2.24, 2.45) is 0 Å². The van der Waals surface area contributed by atoms with Crippen molar-refractivity contribution in [3.05, 3.63) is 39.6 Å². The Labute approximate surface area is 97.7 Å². The largest absolute Gasteiger partial charge is 0.347 e. The standard InChI is InChI=1S/C11H13N3OS/c1-7-3-10(16-8(7)2)11(15)13-5-9-4-12-6-14-9/h3-4,6H,5H2,1-2H3,(H,12,14)(H,13,15). The zero-order valence-electron chi connectivity index (χ0n) is 9.20. The Morgan fingerprint density at radius 1 is 1.56 bits per heavy atom. The number of hydrogen-bond acceptors (Lipinski definition) is 3. The number of aryl methyl sites for hydroxylation is 2. The predicted octanol–water partition coefficient (Wildman–Crippen LogP) is 2.02. The molecule has 2 N–H and O–H groups in total. The quantitative estimate of drug-likeness (QED) is 0.855. The lowest BCUT2D eigenvalue weighted by molar-refractivity contribution is 0.0954. The molecule has 2 heterocycles. The maximum atomic E-state index is 11.8. The third-order valence-electron chi connectivity index (χ3n) is 2.38. The highest BCUT2D eigenvalue weighted by molar-refractivity contribution is 7.14. The Balaban J connectivity index is 1.98. The molecule has 2 aromatic rings. The summed E-state index contributed by atoms with van der Waals surface area (Å²) >= 11 is 1.52. The fourth-order valence-electron chi connectivity index (χ4n) is 1.33. The molecule has 4 nitrogen and oxygen atoms in total. The number of thiophene rings is 1. The molecule has 84 valence electrons. The van der Waals surface area contributed by atoms with E-state index in [1.807, 2.05) is 19.9 Å². The van der Waals surface area contributed by atoms with Crippen LogP contribution in [0.2, 0.25) is 0 Å². The van der Waals surface area contributed by atoms with Crippen LogP contribution in [0.5, 0.6) is 0 Å². The van der Waals surface area contributed by atoms with Crippen molar-refractivity contribution in [2.45, 2.75) is 20.4 Å². The van der Waals surface area contributed by atoms with Gasteiger partial charge in [0.2, 0.25) is 0 Å². The molecule has 0 radical (unpaired) electrons. The summed E-state index contributed by atoms with van der Waals surface area (Å²) in [7, 11) is 0. The van der Waals surface area contributed by atoms with Crippen molar-refractivity contribution in [1.29, 1.82) is 0 Å². The van der Waals surface area contributed by atoms with Crippen LogP contribution in [0, 0.1) is 13.8 Å². The van der Waals surface area contributed by atoms with Crippen molar-refractivity contribution in [3.8, 4) is 0 Å². The molecule has 0 aromatic carbocycles. The number of carbonyl (C=O) groups is 1. The number of nitrogens with zero attached hydrogens (tertiary/aromatic N) is 1. The first-order valence-corrected chi connectivity index (χ1v) is 5.81. The van der Waals surface area contributed by atoms with Gasteiger partial charge in [-0.15, -0.1) is 11.3 Å². The number of aromatic amines is 1. The first-order chi connectivity index (χ1) is 7.66. The van der Waals surface area contributed by atoms with E-state index in [0.29, 0.717) is 6.54 Å². The van der Waals surface area contributed by atoms with Crippen LogP contribution in [-0.4, -0.2) is 15.9 Å². The zero-order chi connectivity index (χ0) is 11.5. The Kier molecular flexibility index (Phi) is 3.05. The summed E-state index contributed by atoms with van der Waals surface area (Å²) in [5.41, 5.74) is 2.06. The first-order valence-electron chi connectivity index (χ1n) is 4.99. The second-order valence-electron chi connectivity index (χ2n) is 3.61. The molecule has 0 atom stereocenters. The highest BCUT2D eigenvalue weighted by Crippen LogP contribution is 2.20. The second kappa shape index (κ2) is 4.49. The lowest BCUT2D eigenvalue weighted by atomic mass is 10.3. The summed E-state index contributed by atoms with van der Waals surface area (Å²) in [6.07, 6.45) is 3.30. The number of rotatable bonds is 3. The number of carbonyl (C=O) groups excluding carboxylic acids is 1. The van der Waals surface area contributed by atoms with Gasteiger partial charge in [-0.2, -0.15) is 0 Å². The predicted molar refractivity (Wildman–Crippen MR) is 63.6 cm³/mol. The number of imidazole rings is 1. The van der Waals surface area contributed by atoms with Gasteiger partial charge in [0.15, 0.2) is 0 Å². The van der Waals surface area contributed by atoms with E-state index in [-0.39, 0.29) is 5.91 Å². The molecule has 0 bridgehead atoms. The zero-order valence-corrected chi connectivity index (χ0v) is 10.0. The summed E-state index contributed by atoms with van der Waals surface area (Å²) < 4.78 is 0. The molecule has 0 aliphatic rings. The third kappa shape index (κ3) is 2.30. The van der Waals surface area contributed by atoms with Gasteiger partial charge in [0.25, 0.3) is 5.91 Å². The molecule has 0 aliphatic heterocycles. The summed E-state index contributed by atoms with van der Waals surface area (Å²) in [5, 5.41) is 2.84. The van der Waals surface area contributed by atoms with E-state index < -0.39 is 0 Å². The molecule has 0 spiro atoms. The van der Waals surface area contributed by atoms with E-state index in [1.54, 1.807) is 12.5 Å². The van der Waals surface area contributed by atoms with E-state index in [2.05, 4.69) is 15.3 Å². The van der Waals surface area contributed by atoms with E-state index in [9.17, 15) is 4.79 Å². The van der Waals surface area contributed by atoms with Crippen LogP contribution in [0.1, 0.15) is 25.8 Å². The van der Waals surface area contributed by atoms with E-state index in [0.717, 1.165) is 16.1 Å². The minimum Gasteiger partial charge on any atom is -0.347 e. The number of nitrogens with one attached hydrogen (secondary N) is 2. The topological polar surface area (TPSA) is 57.8 Å². The molecule has 2 rings (SSSR count). The Hall–Kier alpha value is -1.62. The lowest BCUT2D eigenvalue weighted by Gasteiger charge is -2.00.